The van der Waals surface area contributed by atoms with E-state index in [0.717, 1.165) is 5.75 Å². The molecular weight excluding hydrogens is 252 g/mol. The van der Waals surface area contributed by atoms with Crippen LogP contribution in [0.15, 0.2) is 24.3 Å². The van der Waals surface area contributed by atoms with Crippen molar-refractivity contribution in [3.63, 3.8) is 0 Å². The topological polar surface area (TPSA) is 50.4 Å². The van der Waals surface area contributed by atoms with Gasteiger partial charge in [-0.15, -0.1) is 0 Å². The molecule has 4 nitrogen and oxygen atoms in total. The lowest BCUT2D eigenvalue weighted by Gasteiger charge is -2.19. The summed E-state index contributed by atoms with van der Waals surface area (Å²) in [4.78, 5) is 11.4. The quantitative estimate of drug-likeness (QED) is 0.751. The molecule has 0 saturated heterocycles. The third-order valence-electron chi connectivity index (χ3n) is 3.02. The minimum atomic E-state index is 0.0473. The van der Waals surface area contributed by atoms with Gasteiger partial charge >= 0.3 is 0 Å². The standard InChI is InChI=1S/C16H26N2O2/c1-16(2,3)13-5-7-14(8-6-13)20-12-11-18-15(19)9-10-17-4/h5-8,17H,9-12H2,1-4H3,(H,18,19). The van der Waals surface area contributed by atoms with E-state index >= 15 is 0 Å². The average Bonchev–Trinajstić information content (AvgIpc) is 2.41. The number of hydrogen-bond acceptors (Lipinski definition) is 3. The van der Waals surface area contributed by atoms with Crippen LogP contribution in [0.1, 0.15) is 32.8 Å². The number of ether oxygens (including phenoxy) is 1. The van der Waals surface area contributed by atoms with Gasteiger partial charge in [-0.3, -0.25) is 4.79 Å². The fourth-order valence-electron chi connectivity index (χ4n) is 1.74. The molecule has 4 heteroatoms. The number of carbonyl (C=O) groups excluding carboxylic acids is 1. The first kappa shape index (κ1) is 16.5. The van der Waals surface area contributed by atoms with Crippen LogP contribution in [-0.4, -0.2) is 32.7 Å². The lowest BCUT2D eigenvalue weighted by atomic mass is 9.87. The van der Waals surface area contributed by atoms with Crippen LogP contribution >= 0.6 is 0 Å². The van der Waals surface area contributed by atoms with Crippen molar-refractivity contribution < 1.29 is 9.53 Å². The molecule has 2 N–H and O–H groups in total. The van der Waals surface area contributed by atoms with Gasteiger partial charge in [0.1, 0.15) is 12.4 Å². The molecule has 0 bridgehead atoms. The maximum atomic E-state index is 11.4. The van der Waals surface area contributed by atoms with Gasteiger partial charge in [0.2, 0.25) is 5.91 Å². The summed E-state index contributed by atoms with van der Waals surface area (Å²) in [6, 6.07) is 8.12. The Labute approximate surface area is 121 Å². The van der Waals surface area contributed by atoms with Gasteiger partial charge in [-0.1, -0.05) is 32.9 Å². The third kappa shape index (κ3) is 6.06. The first-order chi connectivity index (χ1) is 9.43. The molecule has 0 aliphatic heterocycles. The predicted molar refractivity (Wildman–Crippen MR) is 82.2 cm³/mol. The molecule has 0 aliphatic rings. The van der Waals surface area contributed by atoms with Gasteiger partial charge < -0.3 is 15.4 Å². The zero-order valence-corrected chi connectivity index (χ0v) is 13.0. The van der Waals surface area contributed by atoms with Gasteiger partial charge in [0, 0.05) is 13.0 Å². The molecule has 0 saturated carbocycles. The Morgan fingerprint density at radius 3 is 2.35 bits per heavy atom. The zero-order chi connectivity index (χ0) is 15.0. The smallest absolute Gasteiger partial charge is 0.221 e. The van der Waals surface area contributed by atoms with E-state index in [1.807, 2.05) is 19.2 Å². The molecule has 20 heavy (non-hydrogen) atoms. The van der Waals surface area contributed by atoms with E-state index in [9.17, 15) is 4.79 Å². The lowest BCUT2D eigenvalue weighted by molar-refractivity contribution is -0.121. The largest absolute Gasteiger partial charge is 0.492 e. The summed E-state index contributed by atoms with van der Waals surface area (Å²) in [5, 5.41) is 5.76. The van der Waals surface area contributed by atoms with E-state index in [1.54, 1.807) is 0 Å². The van der Waals surface area contributed by atoms with Gasteiger partial charge in [-0.05, 0) is 30.2 Å². The summed E-state index contributed by atoms with van der Waals surface area (Å²) in [5.74, 6) is 0.883. The van der Waals surface area contributed by atoms with Gasteiger partial charge in [0.05, 0.1) is 6.54 Å². The van der Waals surface area contributed by atoms with Crippen LogP contribution in [0.25, 0.3) is 0 Å². The minimum Gasteiger partial charge on any atom is -0.492 e. The first-order valence-corrected chi connectivity index (χ1v) is 7.08. The van der Waals surface area contributed by atoms with Crippen LogP contribution in [-0.2, 0) is 10.2 Å². The second kappa shape index (κ2) is 7.90. The van der Waals surface area contributed by atoms with Crippen LogP contribution in [0.2, 0.25) is 0 Å². The number of nitrogens with one attached hydrogen (secondary N) is 2. The highest BCUT2D eigenvalue weighted by molar-refractivity contribution is 5.75. The Hall–Kier alpha value is -1.55. The Balaban J connectivity index is 2.27. The Morgan fingerprint density at radius 2 is 1.80 bits per heavy atom. The molecule has 1 amide bonds. The molecule has 112 valence electrons. The average molecular weight is 278 g/mol. The SMILES string of the molecule is CNCCC(=O)NCCOc1ccc(C(C)(C)C)cc1. The first-order valence-electron chi connectivity index (χ1n) is 7.08. The molecule has 1 rings (SSSR count). The van der Waals surface area contributed by atoms with Crippen molar-refractivity contribution in [1.82, 2.24) is 10.6 Å². The van der Waals surface area contributed by atoms with Crippen molar-refractivity contribution in [2.24, 2.45) is 0 Å². The molecule has 0 radical (unpaired) electrons. The monoisotopic (exact) mass is 278 g/mol. The number of amides is 1. The maximum absolute atomic E-state index is 11.4. The van der Waals surface area contributed by atoms with Crippen molar-refractivity contribution in [3.8, 4) is 5.75 Å². The number of rotatable bonds is 7. The van der Waals surface area contributed by atoms with Gasteiger partial charge in [-0.25, -0.2) is 0 Å². The summed E-state index contributed by atoms with van der Waals surface area (Å²) in [6.45, 7) is 8.27. The highest BCUT2D eigenvalue weighted by Gasteiger charge is 2.12. The number of carbonyl (C=O) groups is 1. The lowest BCUT2D eigenvalue weighted by Crippen LogP contribution is -2.30. The molecule has 0 heterocycles. The second-order valence-corrected chi connectivity index (χ2v) is 5.83. The van der Waals surface area contributed by atoms with Crippen molar-refractivity contribution in [2.45, 2.75) is 32.6 Å². The van der Waals surface area contributed by atoms with E-state index in [0.29, 0.717) is 26.1 Å². The second-order valence-electron chi connectivity index (χ2n) is 5.83. The summed E-state index contributed by atoms with van der Waals surface area (Å²) in [6.07, 6.45) is 0.497. The molecule has 0 spiro atoms. The van der Waals surface area contributed by atoms with Crippen molar-refractivity contribution in [2.75, 3.05) is 26.7 Å². The zero-order valence-electron chi connectivity index (χ0n) is 13.0. The predicted octanol–water partition coefficient (Wildman–Crippen LogP) is 2.09. The maximum Gasteiger partial charge on any atom is 0.221 e. The molecule has 0 aliphatic carbocycles. The van der Waals surface area contributed by atoms with E-state index in [4.69, 9.17) is 4.74 Å². The van der Waals surface area contributed by atoms with Crippen LogP contribution in [0.5, 0.6) is 5.75 Å². The summed E-state index contributed by atoms with van der Waals surface area (Å²) >= 11 is 0. The van der Waals surface area contributed by atoms with Crippen LogP contribution in [0.3, 0.4) is 0 Å². The molecule has 1 aromatic carbocycles. The number of hydrogen-bond donors (Lipinski definition) is 2. The van der Waals surface area contributed by atoms with Gasteiger partial charge in [0.25, 0.3) is 0 Å². The highest BCUT2D eigenvalue weighted by atomic mass is 16.5. The van der Waals surface area contributed by atoms with E-state index in [1.165, 1.54) is 5.56 Å². The summed E-state index contributed by atoms with van der Waals surface area (Å²) in [7, 11) is 1.83. The highest BCUT2D eigenvalue weighted by Crippen LogP contribution is 2.24. The van der Waals surface area contributed by atoms with E-state index < -0.39 is 0 Å². The van der Waals surface area contributed by atoms with E-state index in [-0.39, 0.29) is 11.3 Å². The van der Waals surface area contributed by atoms with Crippen molar-refractivity contribution in [3.05, 3.63) is 29.8 Å². The van der Waals surface area contributed by atoms with E-state index in [2.05, 4.69) is 43.5 Å². The normalized spacial score (nSPS) is 11.2. The molecule has 0 aromatic heterocycles. The molecule has 0 unspecified atom stereocenters. The molecule has 1 aromatic rings. The van der Waals surface area contributed by atoms with Gasteiger partial charge in [-0.2, -0.15) is 0 Å². The van der Waals surface area contributed by atoms with Crippen LogP contribution in [0.4, 0.5) is 0 Å². The Bertz CT molecular complexity index is 407. The molecular formula is C16H26N2O2. The van der Waals surface area contributed by atoms with Crippen LogP contribution in [0, 0.1) is 0 Å². The van der Waals surface area contributed by atoms with Crippen LogP contribution < -0.4 is 15.4 Å². The Kier molecular flexibility index (Phi) is 6.52. The third-order valence-corrected chi connectivity index (χ3v) is 3.02. The minimum absolute atomic E-state index is 0.0473. The Morgan fingerprint density at radius 1 is 1.15 bits per heavy atom. The fourth-order valence-corrected chi connectivity index (χ4v) is 1.74. The molecule has 0 fully saturated rings. The summed E-state index contributed by atoms with van der Waals surface area (Å²) < 4.78 is 5.60. The van der Waals surface area contributed by atoms with Crippen molar-refractivity contribution >= 4 is 5.91 Å². The summed E-state index contributed by atoms with van der Waals surface area (Å²) in [5.41, 5.74) is 1.44. The number of benzene rings is 1. The molecule has 0 atom stereocenters. The van der Waals surface area contributed by atoms with Gasteiger partial charge in [0.15, 0.2) is 0 Å². The fraction of sp³-hybridized carbons (Fsp3) is 0.562. The van der Waals surface area contributed by atoms with Crippen molar-refractivity contribution in [1.29, 1.82) is 0 Å².